The molecule has 1 aliphatic carbocycles. The van der Waals surface area contributed by atoms with E-state index in [-0.39, 0.29) is 5.92 Å². The molecule has 0 N–H and O–H groups in total. The molecule has 0 radical (unpaired) electrons. The molecule has 0 aromatic carbocycles. The van der Waals surface area contributed by atoms with Gasteiger partial charge in [-0.2, -0.15) is 4.98 Å². The van der Waals surface area contributed by atoms with Gasteiger partial charge in [0.05, 0.1) is 0 Å². The van der Waals surface area contributed by atoms with Crippen molar-refractivity contribution < 1.29 is 4.74 Å². The number of hydrogen-bond donors (Lipinski definition) is 0. The van der Waals surface area contributed by atoms with Crippen molar-refractivity contribution in [2.45, 2.75) is 52.1 Å². The standard InChI is InChI=1S/C12H17ClN2O/c1-7(2)11-14-10(13)8(3)12(15-11)16-9-5-4-6-9/h7,9H,4-6H2,1-3H3. The third-order valence-corrected chi connectivity index (χ3v) is 3.27. The van der Waals surface area contributed by atoms with Gasteiger partial charge in [0, 0.05) is 11.5 Å². The molecule has 88 valence electrons. The summed E-state index contributed by atoms with van der Waals surface area (Å²) < 4.78 is 5.82. The van der Waals surface area contributed by atoms with E-state index in [1.807, 2.05) is 20.8 Å². The molecule has 1 aromatic heterocycles. The molecule has 3 nitrogen and oxygen atoms in total. The van der Waals surface area contributed by atoms with Crippen LogP contribution in [0.5, 0.6) is 5.88 Å². The summed E-state index contributed by atoms with van der Waals surface area (Å²) in [5.74, 6) is 1.68. The average Bonchev–Trinajstić information content (AvgIpc) is 2.17. The topological polar surface area (TPSA) is 35.0 Å². The molecule has 1 aliphatic rings. The van der Waals surface area contributed by atoms with Gasteiger partial charge in [-0.15, -0.1) is 0 Å². The lowest BCUT2D eigenvalue weighted by Gasteiger charge is -2.26. The molecular weight excluding hydrogens is 224 g/mol. The van der Waals surface area contributed by atoms with Crippen LogP contribution >= 0.6 is 11.6 Å². The van der Waals surface area contributed by atoms with E-state index < -0.39 is 0 Å². The van der Waals surface area contributed by atoms with Crippen LogP contribution < -0.4 is 4.74 Å². The van der Waals surface area contributed by atoms with Gasteiger partial charge >= 0.3 is 0 Å². The van der Waals surface area contributed by atoms with E-state index in [4.69, 9.17) is 16.3 Å². The summed E-state index contributed by atoms with van der Waals surface area (Å²) in [6.45, 7) is 6.00. The molecule has 0 unspecified atom stereocenters. The van der Waals surface area contributed by atoms with Crippen LogP contribution in [-0.2, 0) is 0 Å². The van der Waals surface area contributed by atoms with E-state index in [1.54, 1.807) is 0 Å². The van der Waals surface area contributed by atoms with Crippen LogP contribution in [0.25, 0.3) is 0 Å². The molecule has 0 amide bonds. The molecular formula is C12H17ClN2O. The van der Waals surface area contributed by atoms with Gasteiger partial charge in [0.2, 0.25) is 5.88 Å². The van der Waals surface area contributed by atoms with Crippen LogP contribution in [0.3, 0.4) is 0 Å². The summed E-state index contributed by atoms with van der Waals surface area (Å²) in [5, 5.41) is 0.507. The second kappa shape index (κ2) is 4.58. The van der Waals surface area contributed by atoms with E-state index >= 15 is 0 Å². The number of nitrogens with zero attached hydrogens (tertiary/aromatic N) is 2. The van der Waals surface area contributed by atoms with E-state index in [0.717, 1.165) is 24.2 Å². The minimum Gasteiger partial charge on any atom is -0.474 e. The predicted octanol–water partition coefficient (Wildman–Crippen LogP) is 3.49. The maximum atomic E-state index is 6.08. The Balaban J connectivity index is 2.26. The normalized spacial score (nSPS) is 16.3. The second-order valence-corrected chi connectivity index (χ2v) is 4.99. The average molecular weight is 241 g/mol. The third-order valence-electron chi connectivity index (χ3n) is 2.91. The second-order valence-electron chi connectivity index (χ2n) is 4.63. The highest BCUT2D eigenvalue weighted by Crippen LogP contribution is 2.29. The van der Waals surface area contributed by atoms with Crippen LogP contribution in [0, 0.1) is 6.92 Å². The summed E-state index contributed by atoms with van der Waals surface area (Å²) in [6.07, 6.45) is 3.82. The minimum atomic E-state index is 0.266. The van der Waals surface area contributed by atoms with Crippen molar-refractivity contribution in [3.63, 3.8) is 0 Å². The SMILES string of the molecule is Cc1c(Cl)nc(C(C)C)nc1OC1CCC1. The smallest absolute Gasteiger partial charge is 0.221 e. The molecule has 1 fully saturated rings. The molecule has 2 rings (SSSR count). The molecule has 16 heavy (non-hydrogen) atoms. The van der Waals surface area contributed by atoms with Crippen LogP contribution in [0.1, 0.15) is 50.4 Å². The Labute approximate surface area is 101 Å². The van der Waals surface area contributed by atoms with Gasteiger partial charge < -0.3 is 4.74 Å². The Kier molecular flexibility index (Phi) is 3.33. The maximum absolute atomic E-state index is 6.08. The third kappa shape index (κ3) is 2.29. The molecule has 1 heterocycles. The summed E-state index contributed by atoms with van der Waals surface area (Å²) in [4.78, 5) is 8.70. The first-order chi connectivity index (χ1) is 7.58. The quantitative estimate of drug-likeness (QED) is 0.759. The van der Waals surface area contributed by atoms with E-state index in [2.05, 4.69) is 9.97 Å². The largest absolute Gasteiger partial charge is 0.474 e. The first-order valence-electron chi connectivity index (χ1n) is 5.78. The molecule has 0 bridgehead atoms. The van der Waals surface area contributed by atoms with Crippen molar-refractivity contribution in [2.24, 2.45) is 0 Å². The fraction of sp³-hybridized carbons (Fsp3) is 0.667. The number of hydrogen-bond acceptors (Lipinski definition) is 3. The van der Waals surface area contributed by atoms with Crippen molar-refractivity contribution >= 4 is 11.6 Å². The fourth-order valence-electron chi connectivity index (χ4n) is 1.51. The number of aromatic nitrogens is 2. The molecule has 1 aromatic rings. The summed E-state index contributed by atoms with van der Waals surface area (Å²) in [7, 11) is 0. The number of halogens is 1. The van der Waals surface area contributed by atoms with Crippen molar-refractivity contribution in [3.8, 4) is 5.88 Å². The molecule has 4 heteroatoms. The van der Waals surface area contributed by atoms with Gasteiger partial charge in [-0.25, -0.2) is 4.98 Å². The Morgan fingerprint density at radius 3 is 2.50 bits per heavy atom. The molecule has 1 saturated carbocycles. The zero-order valence-electron chi connectivity index (χ0n) is 9.96. The monoisotopic (exact) mass is 240 g/mol. The van der Waals surface area contributed by atoms with Gasteiger partial charge in [-0.3, -0.25) is 0 Å². The minimum absolute atomic E-state index is 0.266. The van der Waals surface area contributed by atoms with Crippen LogP contribution in [0.4, 0.5) is 0 Å². The van der Waals surface area contributed by atoms with Gasteiger partial charge in [0.1, 0.15) is 17.1 Å². The lowest BCUT2D eigenvalue weighted by atomic mass is 9.96. The highest BCUT2D eigenvalue weighted by molar-refractivity contribution is 6.30. The van der Waals surface area contributed by atoms with Crippen molar-refractivity contribution in [2.75, 3.05) is 0 Å². The molecule has 0 saturated heterocycles. The Hall–Kier alpha value is -0.830. The maximum Gasteiger partial charge on any atom is 0.221 e. The highest BCUT2D eigenvalue weighted by Gasteiger charge is 2.22. The summed E-state index contributed by atoms with van der Waals surface area (Å²) in [5.41, 5.74) is 0.845. The van der Waals surface area contributed by atoms with Crippen molar-refractivity contribution in [3.05, 3.63) is 16.5 Å². The number of ether oxygens (including phenoxy) is 1. The Morgan fingerprint density at radius 2 is 2.00 bits per heavy atom. The molecule has 0 atom stereocenters. The van der Waals surface area contributed by atoms with Crippen LogP contribution in [0.15, 0.2) is 0 Å². The Morgan fingerprint density at radius 1 is 1.31 bits per heavy atom. The lowest BCUT2D eigenvalue weighted by molar-refractivity contribution is 0.113. The van der Waals surface area contributed by atoms with Crippen LogP contribution in [-0.4, -0.2) is 16.1 Å². The summed E-state index contributed by atoms with van der Waals surface area (Å²) >= 11 is 6.08. The van der Waals surface area contributed by atoms with Crippen molar-refractivity contribution in [1.82, 2.24) is 9.97 Å². The fourth-order valence-corrected chi connectivity index (χ4v) is 1.67. The number of rotatable bonds is 3. The predicted molar refractivity (Wildman–Crippen MR) is 64.1 cm³/mol. The Bertz CT molecular complexity index is 389. The first-order valence-corrected chi connectivity index (χ1v) is 6.16. The van der Waals surface area contributed by atoms with Gasteiger partial charge in [-0.05, 0) is 26.2 Å². The lowest BCUT2D eigenvalue weighted by Crippen LogP contribution is -2.25. The summed E-state index contributed by atoms with van der Waals surface area (Å²) in [6, 6.07) is 0. The molecule has 0 aliphatic heterocycles. The van der Waals surface area contributed by atoms with Gasteiger partial charge in [0.15, 0.2) is 0 Å². The van der Waals surface area contributed by atoms with Crippen LogP contribution in [0.2, 0.25) is 5.15 Å². The zero-order valence-corrected chi connectivity index (χ0v) is 10.7. The van der Waals surface area contributed by atoms with Crippen molar-refractivity contribution in [1.29, 1.82) is 0 Å². The van der Waals surface area contributed by atoms with Gasteiger partial charge in [0.25, 0.3) is 0 Å². The van der Waals surface area contributed by atoms with E-state index in [9.17, 15) is 0 Å². The molecule has 0 spiro atoms. The highest BCUT2D eigenvalue weighted by atomic mass is 35.5. The van der Waals surface area contributed by atoms with E-state index in [1.165, 1.54) is 6.42 Å². The zero-order chi connectivity index (χ0) is 11.7. The van der Waals surface area contributed by atoms with E-state index in [0.29, 0.717) is 17.1 Å². The van der Waals surface area contributed by atoms with Gasteiger partial charge in [-0.1, -0.05) is 25.4 Å². The first kappa shape index (κ1) is 11.6.